The molecular formula is C16H20FN5O2. The van der Waals surface area contributed by atoms with E-state index in [0.717, 1.165) is 0 Å². The molecule has 0 aliphatic heterocycles. The van der Waals surface area contributed by atoms with Crippen LogP contribution in [0.2, 0.25) is 0 Å². The third-order valence-corrected chi connectivity index (χ3v) is 2.82. The zero-order valence-corrected chi connectivity index (χ0v) is 13.5. The molecule has 0 fully saturated rings. The summed E-state index contributed by atoms with van der Waals surface area (Å²) in [6, 6.07) is 5.52. The molecule has 24 heavy (non-hydrogen) atoms. The van der Waals surface area contributed by atoms with Crippen LogP contribution in [-0.2, 0) is 0 Å². The minimum absolute atomic E-state index is 0.0485. The lowest BCUT2D eigenvalue weighted by Gasteiger charge is -2.12. The Morgan fingerprint density at radius 1 is 1.25 bits per heavy atom. The minimum Gasteiger partial charge on any atom is -0.491 e. The van der Waals surface area contributed by atoms with Crippen molar-refractivity contribution in [1.82, 2.24) is 15.3 Å². The molecule has 2 aromatic rings. The molecule has 1 aromatic carbocycles. The number of aromatic nitrogens is 2. The van der Waals surface area contributed by atoms with Crippen LogP contribution < -0.4 is 20.7 Å². The Morgan fingerprint density at radius 3 is 2.67 bits per heavy atom. The Bertz CT molecular complexity index is 667. The molecular weight excluding hydrogens is 313 g/mol. The summed E-state index contributed by atoms with van der Waals surface area (Å²) in [6.07, 6.45) is 3.18. The lowest BCUT2D eigenvalue weighted by Crippen LogP contribution is -2.33. The molecule has 0 aliphatic rings. The maximum Gasteiger partial charge on any atom is 0.319 e. The molecule has 1 heterocycles. The lowest BCUT2D eigenvalue weighted by molar-refractivity contribution is 0.241. The van der Waals surface area contributed by atoms with Crippen molar-refractivity contribution in [3.8, 4) is 5.75 Å². The van der Waals surface area contributed by atoms with Gasteiger partial charge in [0.05, 0.1) is 11.8 Å². The summed E-state index contributed by atoms with van der Waals surface area (Å²) in [5, 5.41) is 8.00. The van der Waals surface area contributed by atoms with Gasteiger partial charge >= 0.3 is 6.03 Å². The van der Waals surface area contributed by atoms with Gasteiger partial charge < -0.3 is 20.7 Å². The topological polar surface area (TPSA) is 88.2 Å². The summed E-state index contributed by atoms with van der Waals surface area (Å²) in [7, 11) is 0. The zero-order chi connectivity index (χ0) is 17.4. The first-order chi connectivity index (χ1) is 11.5. The molecule has 1 aromatic heterocycles. The second-order valence-corrected chi connectivity index (χ2v) is 5.19. The number of anilines is 2. The van der Waals surface area contributed by atoms with Crippen LogP contribution in [0.25, 0.3) is 0 Å². The molecule has 0 saturated carbocycles. The smallest absolute Gasteiger partial charge is 0.319 e. The monoisotopic (exact) mass is 333 g/mol. The van der Waals surface area contributed by atoms with Crippen LogP contribution in [0.15, 0.2) is 36.7 Å². The third-order valence-electron chi connectivity index (χ3n) is 2.82. The van der Waals surface area contributed by atoms with Crippen molar-refractivity contribution in [1.29, 1.82) is 0 Å². The van der Waals surface area contributed by atoms with Gasteiger partial charge in [0.2, 0.25) is 5.95 Å². The number of carbonyl (C=O) groups excluding carboxylic acids is 1. The number of amides is 2. The first-order valence-corrected chi connectivity index (χ1v) is 7.56. The molecule has 128 valence electrons. The molecule has 0 unspecified atom stereocenters. The molecule has 8 heteroatoms. The van der Waals surface area contributed by atoms with Gasteiger partial charge in [-0.15, -0.1) is 0 Å². The summed E-state index contributed by atoms with van der Waals surface area (Å²) >= 11 is 0. The number of hydrogen-bond donors (Lipinski definition) is 3. The van der Waals surface area contributed by atoms with Gasteiger partial charge in [-0.1, -0.05) is 0 Å². The Kier molecular flexibility index (Phi) is 6.30. The highest BCUT2D eigenvalue weighted by molar-refractivity contribution is 5.89. The van der Waals surface area contributed by atoms with E-state index < -0.39 is 11.8 Å². The third kappa shape index (κ3) is 5.71. The molecule has 0 radical (unpaired) electrons. The Balaban J connectivity index is 1.75. The molecule has 3 N–H and O–H groups in total. The largest absolute Gasteiger partial charge is 0.491 e. The van der Waals surface area contributed by atoms with Crippen molar-refractivity contribution >= 4 is 17.7 Å². The van der Waals surface area contributed by atoms with E-state index in [4.69, 9.17) is 4.74 Å². The van der Waals surface area contributed by atoms with Crippen molar-refractivity contribution in [2.24, 2.45) is 0 Å². The van der Waals surface area contributed by atoms with E-state index in [1.807, 2.05) is 13.8 Å². The number of hydrogen-bond acceptors (Lipinski definition) is 5. The van der Waals surface area contributed by atoms with Gasteiger partial charge in [-0.3, -0.25) is 0 Å². The summed E-state index contributed by atoms with van der Waals surface area (Å²) < 4.78 is 19.3. The fourth-order valence-corrected chi connectivity index (χ4v) is 1.85. The minimum atomic E-state index is -0.556. The van der Waals surface area contributed by atoms with E-state index >= 15 is 0 Å². The standard InChI is InChI=1S/C16H20FN5O2/c1-11(2)24-12-4-5-14(13(17)10-12)22-16(23)21-9-8-20-15-18-6-3-7-19-15/h3-7,10-11H,8-9H2,1-2H3,(H,18,19,20)(H2,21,22,23). The SMILES string of the molecule is CC(C)Oc1ccc(NC(=O)NCCNc2ncccn2)c(F)c1. The van der Waals surface area contributed by atoms with Crippen LogP contribution in [0.5, 0.6) is 5.75 Å². The normalized spacial score (nSPS) is 10.3. The number of nitrogens with zero attached hydrogens (tertiary/aromatic N) is 2. The van der Waals surface area contributed by atoms with Gasteiger partial charge in [0, 0.05) is 31.5 Å². The number of ether oxygens (including phenoxy) is 1. The number of nitrogens with one attached hydrogen (secondary N) is 3. The first-order valence-electron chi connectivity index (χ1n) is 7.56. The maximum atomic E-state index is 13.9. The van der Waals surface area contributed by atoms with Gasteiger partial charge in [0.15, 0.2) is 0 Å². The summed E-state index contributed by atoms with van der Waals surface area (Å²) in [6.45, 7) is 4.49. The van der Waals surface area contributed by atoms with Crippen molar-refractivity contribution in [3.05, 3.63) is 42.5 Å². The highest BCUT2D eigenvalue weighted by Crippen LogP contribution is 2.21. The highest BCUT2D eigenvalue weighted by Gasteiger charge is 2.08. The predicted molar refractivity (Wildman–Crippen MR) is 89.7 cm³/mol. The molecule has 0 saturated heterocycles. The average molecular weight is 333 g/mol. The van der Waals surface area contributed by atoms with Gasteiger partial charge in [0.25, 0.3) is 0 Å². The fraction of sp³-hybridized carbons (Fsp3) is 0.312. The Hall–Kier alpha value is -2.90. The van der Waals surface area contributed by atoms with E-state index in [2.05, 4.69) is 25.9 Å². The van der Waals surface area contributed by atoms with Crippen LogP contribution in [0.1, 0.15) is 13.8 Å². The van der Waals surface area contributed by atoms with Gasteiger partial charge in [0.1, 0.15) is 11.6 Å². The fourth-order valence-electron chi connectivity index (χ4n) is 1.85. The van der Waals surface area contributed by atoms with Crippen molar-refractivity contribution in [3.63, 3.8) is 0 Å². The second kappa shape index (κ2) is 8.66. The molecule has 0 aliphatic carbocycles. The number of benzene rings is 1. The number of carbonyl (C=O) groups is 1. The summed E-state index contributed by atoms with van der Waals surface area (Å²) in [4.78, 5) is 19.7. The van der Waals surface area contributed by atoms with Gasteiger partial charge in [-0.05, 0) is 32.0 Å². The Labute approximate surface area is 139 Å². The quantitative estimate of drug-likeness (QED) is 0.678. The van der Waals surface area contributed by atoms with Crippen LogP contribution in [0.3, 0.4) is 0 Å². The molecule has 0 atom stereocenters. The molecule has 0 spiro atoms. The average Bonchev–Trinajstić information content (AvgIpc) is 2.55. The van der Waals surface area contributed by atoms with E-state index in [0.29, 0.717) is 24.8 Å². The summed E-state index contributed by atoms with van der Waals surface area (Å²) in [5.74, 6) is 0.339. The van der Waals surface area contributed by atoms with Crippen LogP contribution in [0.4, 0.5) is 20.8 Å². The molecule has 2 rings (SSSR count). The van der Waals surface area contributed by atoms with Crippen LogP contribution >= 0.6 is 0 Å². The number of urea groups is 1. The number of halogens is 1. The van der Waals surface area contributed by atoms with Gasteiger partial charge in [-0.25, -0.2) is 19.2 Å². The van der Waals surface area contributed by atoms with Crippen LogP contribution in [-0.4, -0.2) is 35.2 Å². The van der Waals surface area contributed by atoms with E-state index in [-0.39, 0.29) is 11.8 Å². The van der Waals surface area contributed by atoms with Gasteiger partial charge in [-0.2, -0.15) is 0 Å². The zero-order valence-electron chi connectivity index (χ0n) is 13.5. The highest BCUT2D eigenvalue weighted by atomic mass is 19.1. The van der Waals surface area contributed by atoms with Crippen molar-refractivity contribution in [2.45, 2.75) is 20.0 Å². The van der Waals surface area contributed by atoms with Crippen LogP contribution in [0, 0.1) is 5.82 Å². The molecule has 2 amide bonds. The van der Waals surface area contributed by atoms with E-state index in [9.17, 15) is 9.18 Å². The first kappa shape index (κ1) is 17.5. The predicted octanol–water partition coefficient (Wildman–Crippen LogP) is 2.64. The molecule has 0 bridgehead atoms. The summed E-state index contributed by atoms with van der Waals surface area (Å²) in [5.41, 5.74) is 0.0861. The number of rotatable bonds is 7. The maximum absolute atomic E-state index is 13.9. The van der Waals surface area contributed by atoms with Crippen molar-refractivity contribution in [2.75, 3.05) is 23.7 Å². The van der Waals surface area contributed by atoms with E-state index in [1.54, 1.807) is 24.5 Å². The lowest BCUT2D eigenvalue weighted by atomic mass is 10.3. The Morgan fingerprint density at radius 2 is 2.00 bits per heavy atom. The van der Waals surface area contributed by atoms with E-state index in [1.165, 1.54) is 12.1 Å². The van der Waals surface area contributed by atoms with Crippen molar-refractivity contribution < 1.29 is 13.9 Å². The second-order valence-electron chi connectivity index (χ2n) is 5.19. The molecule has 7 nitrogen and oxygen atoms in total.